The van der Waals surface area contributed by atoms with E-state index < -0.39 is 11.6 Å². The molecule has 6 nitrogen and oxygen atoms in total. The maximum atomic E-state index is 14.0. The van der Waals surface area contributed by atoms with Crippen LogP contribution in [0.2, 0.25) is 0 Å². The molecule has 37 heavy (non-hydrogen) atoms. The van der Waals surface area contributed by atoms with Gasteiger partial charge in [-0.15, -0.1) is 11.3 Å². The third-order valence-electron chi connectivity index (χ3n) is 6.84. The lowest BCUT2D eigenvalue weighted by Gasteiger charge is -2.39. The average Bonchev–Trinajstić information content (AvgIpc) is 3.48. The maximum absolute atomic E-state index is 14.0. The van der Waals surface area contributed by atoms with Gasteiger partial charge in [0, 0.05) is 44.4 Å². The van der Waals surface area contributed by atoms with Crippen molar-refractivity contribution < 1.29 is 22.7 Å². The summed E-state index contributed by atoms with van der Waals surface area (Å²) in [5.74, 6) is -2.12. The average molecular weight is 529 g/mol. The van der Waals surface area contributed by atoms with Crippen molar-refractivity contribution in [3.63, 3.8) is 0 Å². The van der Waals surface area contributed by atoms with E-state index in [4.69, 9.17) is 4.74 Å². The third-order valence-corrected chi connectivity index (χ3v) is 7.86. The largest absolute Gasteiger partial charge is 0.385 e. The van der Waals surface area contributed by atoms with Crippen molar-refractivity contribution in [2.45, 2.75) is 44.6 Å². The summed E-state index contributed by atoms with van der Waals surface area (Å²) < 4.78 is 46.6. The number of nitrogens with zero attached hydrogens (tertiary/aromatic N) is 3. The highest BCUT2D eigenvalue weighted by Crippen LogP contribution is 2.37. The number of imidazole rings is 1. The molecule has 0 aliphatic carbocycles. The number of ether oxygens (including phenoxy) is 1. The highest BCUT2D eigenvalue weighted by molar-refractivity contribution is 7.15. The second kappa shape index (κ2) is 10.6. The zero-order chi connectivity index (χ0) is 26.1. The minimum atomic E-state index is -0.958. The zero-order valence-corrected chi connectivity index (χ0v) is 21.4. The summed E-state index contributed by atoms with van der Waals surface area (Å²) in [5, 5.41) is 0.744. The van der Waals surface area contributed by atoms with Crippen LogP contribution in [0.5, 0.6) is 0 Å². The summed E-state index contributed by atoms with van der Waals surface area (Å²) in [5.41, 5.74) is 1.82. The number of halogens is 3. The molecular formula is C27H27F3N4O2S. The maximum Gasteiger partial charge on any atom is 0.274 e. The fourth-order valence-electron chi connectivity index (χ4n) is 5.09. The van der Waals surface area contributed by atoms with Crippen molar-refractivity contribution in [3.05, 3.63) is 70.4 Å². The van der Waals surface area contributed by atoms with Crippen molar-refractivity contribution in [2.75, 3.05) is 20.3 Å². The van der Waals surface area contributed by atoms with Crippen LogP contribution in [-0.4, -0.2) is 52.1 Å². The summed E-state index contributed by atoms with van der Waals surface area (Å²) in [6.07, 6.45) is 3.10. The Morgan fingerprint density at radius 3 is 2.68 bits per heavy atom. The number of carbonyl (C=O) groups excluding carboxylic acids is 1. The Morgan fingerprint density at radius 1 is 1.16 bits per heavy atom. The molecule has 194 valence electrons. The van der Waals surface area contributed by atoms with Crippen LogP contribution in [-0.2, 0) is 4.74 Å². The van der Waals surface area contributed by atoms with Crippen molar-refractivity contribution in [1.82, 2.24) is 19.9 Å². The summed E-state index contributed by atoms with van der Waals surface area (Å²) in [6.45, 7) is 2.83. The van der Waals surface area contributed by atoms with E-state index in [0.717, 1.165) is 42.0 Å². The molecule has 3 heterocycles. The lowest BCUT2D eigenvalue weighted by Crippen LogP contribution is -2.47. The van der Waals surface area contributed by atoms with Crippen molar-refractivity contribution >= 4 is 28.3 Å². The van der Waals surface area contributed by atoms with Crippen molar-refractivity contribution in [3.8, 4) is 10.4 Å². The van der Waals surface area contributed by atoms with E-state index in [-0.39, 0.29) is 23.7 Å². The van der Waals surface area contributed by atoms with Gasteiger partial charge in [0.2, 0.25) is 0 Å². The molecule has 1 saturated heterocycles. The third kappa shape index (κ3) is 5.13. The molecule has 1 N–H and O–H groups in total. The number of thiazole rings is 1. The molecule has 2 atom stereocenters. The summed E-state index contributed by atoms with van der Waals surface area (Å²) in [4.78, 5) is 28.8. The van der Waals surface area contributed by atoms with E-state index in [9.17, 15) is 18.0 Å². The molecule has 0 saturated carbocycles. The van der Waals surface area contributed by atoms with Gasteiger partial charge in [-0.2, -0.15) is 0 Å². The van der Waals surface area contributed by atoms with Crippen molar-refractivity contribution in [2.24, 2.45) is 0 Å². The first-order valence-electron chi connectivity index (χ1n) is 12.2. The second-order valence-corrected chi connectivity index (χ2v) is 10.5. The molecule has 2 aromatic heterocycles. The molecule has 10 heteroatoms. The molecule has 1 aliphatic rings. The van der Waals surface area contributed by atoms with Gasteiger partial charge >= 0.3 is 0 Å². The van der Waals surface area contributed by atoms with Crippen LogP contribution in [0.15, 0.2) is 36.4 Å². The quantitative estimate of drug-likeness (QED) is 0.309. The fourth-order valence-corrected chi connectivity index (χ4v) is 6.01. The number of carbonyl (C=O) groups is 1. The summed E-state index contributed by atoms with van der Waals surface area (Å²) >= 11 is 1.40. The van der Waals surface area contributed by atoms with E-state index >= 15 is 0 Å². The minimum absolute atomic E-state index is 0.191. The molecule has 4 aromatic rings. The fraction of sp³-hybridized carbons (Fsp3) is 0.370. The van der Waals surface area contributed by atoms with Gasteiger partial charge in [-0.1, -0.05) is 12.1 Å². The number of aryl methyl sites for hydroxylation is 1. The van der Waals surface area contributed by atoms with E-state index in [2.05, 4.69) is 15.0 Å². The Hall–Kier alpha value is -3.24. The summed E-state index contributed by atoms with van der Waals surface area (Å²) in [7, 11) is 1.61. The number of rotatable bonds is 7. The first-order valence-corrected chi connectivity index (χ1v) is 13.0. The molecule has 1 amide bonds. The number of methoxy groups -OCH3 is 1. The van der Waals surface area contributed by atoms with Gasteiger partial charge in [-0.05, 0) is 50.3 Å². The first kappa shape index (κ1) is 25.4. The van der Waals surface area contributed by atoms with Crippen LogP contribution in [0.3, 0.4) is 0 Å². The van der Waals surface area contributed by atoms with Gasteiger partial charge in [0.05, 0.1) is 20.9 Å². The van der Waals surface area contributed by atoms with Gasteiger partial charge in [0.25, 0.3) is 5.91 Å². The van der Waals surface area contributed by atoms with Crippen LogP contribution in [0.1, 0.15) is 52.9 Å². The highest BCUT2D eigenvalue weighted by Gasteiger charge is 2.37. The smallest absolute Gasteiger partial charge is 0.274 e. The van der Waals surface area contributed by atoms with Crippen LogP contribution >= 0.6 is 11.3 Å². The Bertz CT molecular complexity index is 1380. The van der Waals surface area contributed by atoms with Crippen molar-refractivity contribution in [1.29, 1.82) is 0 Å². The van der Waals surface area contributed by atoms with Gasteiger partial charge in [-0.25, -0.2) is 23.1 Å². The number of aromatic amines is 1. The van der Waals surface area contributed by atoms with E-state index in [1.807, 2.05) is 11.8 Å². The Balaban J connectivity index is 1.52. The molecule has 1 fully saturated rings. The number of amides is 1. The summed E-state index contributed by atoms with van der Waals surface area (Å²) in [6, 6.07) is 8.02. The SMILES string of the molecule is COCCC(c1nc2cc(F)c(F)cc2[nH]1)C1CCCCN1C(=O)c1nc(C)sc1-c1ccc(F)cc1. The van der Waals surface area contributed by atoms with Gasteiger partial charge in [0.1, 0.15) is 17.3 Å². The van der Waals surface area contributed by atoms with Gasteiger partial charge < -0.3 is 14.6 Å². The Morgan fingerprint density at radius 2 is 1.92 bits per heavy atom. The first-order chi connectivity index (χ1) is 17.9. The normalized spacial score (nSPS) is 16.9. The molecule has 5 rings (SSSR count). The van der Waals surface area contributed by atoms with E-state index in [0.29, 0.717) is 47.0 Å². The predicted octanol–water partition coefficient (Wildman–Crippen LogP) is 6.23. The molecule has 2 aromatic carbocycles. The molecule has 0 bridgehead atoms. The van der Waals surface area contributed by atoms with Crippen LogP contribution < -0.4 is 0 Å². The number of piperidine rings is 1. The number of hydrogen-bond acceptors (Lipinski definition) is 5. The van der Waals surface area contributed by atoms with Crippen LogP contribution in [0.25, 0.3) is 21.5 Å². The minimum Gasteiger partial charge on any atom is -0.385 e. The molecule has 0 spiro atoms. The standard InChI is InChI=1S/C27H27F3N4O2S/c1-15-31-24(25(37-15)16-6-8-17(28)9-7-16)27(35)34-11-4-3-5-23(34)18(10-12-36-2)26-32-21-13-19(29)20(30)14-22(21)33-26/h6-9,13-14,18,23H,3-5,10-12H2,1-2H3,(H,32,33). The van der Waals surface area contributed by atoms with E-state index in [1.165, 1.54) is 23.5 Å². The number of fused-ring (bicyclic) bond motifs is 1. The van der Waals surface area contributed by atoms with E-state index in [1.54, 1.807) is 19.2 Å². The van der Waals surface area contributed by atoms with Gasteiger partial charge in [-0.3, -0.25) is 4.79 Å². The lowest BCUT2D eigenvalue weighted by molar-refractivity contribution is 0.0536. The monoisotopic (exact) mass is 528 g/mol. The number of likely N-dealkylation sites (tertiary alicyclic amines) is 1. The van der Waals surface area contributed by atoms with Crippen LogP contribution in [0.4, 0.5) is 13.2 Å². The van der Waals surface area contributed by atoms with Gasteiger partial charge in [0.15, 0.2) is 11.6 Å². The molecule has 1 aliphatic heterocycles. The Kier molecular flexibility index (Phi) is 7.30. The Labute approximate surface area is 216 Å². The number of hydrogen-bond donors (Lipinski definition) is 1. The second-order valence-electron chi connectivity index (χ2n) is 9.27. The molecular weight excluding hydrogens is 501 g/mol. The van der Waals surface area contributed by atoms with Crippen LogP contribution in [0, 0.1) is 24.4 Å². The number of H-pyrrole nitrogens is 1. The lowest BCUT2D eigenvalue weighted by atomic mass is 9.87. The zero-order valence-electron chi connectivity index (χ0n) is 20.6. The number of aromatic nitrogens is 3. The number of nitrogens with one attached hydrogen (secondary N) is 1. The predicted molar refractivity (Wildman–Crippen MR) is 136 cm³/mol. The molecule has 2 unspecified atom stereocenters. The number of benzene rings is 2. The molecule has 0 radical (unpaired) electrons. The topological polar surface area (TPSA) is 71.1 Å². The highest BCUT2D eigenvalue weighted by atomic mass is 32.1.